The minimum absolute atomic E-state index is 0.174. The predicted molar refractivity (Wildman–Crippen MR) is 295 cm³/mol. The SMILES string of the molecule is CCCCCCCCCCC/C=C\C/C=C\CCCCCCCCCCCCCCCCCC(=O)NC(COC1OC(CO)C(O)C(O)C1O)C(O)/C=C/CCCCCCCCCCCCCCCC. The zero-order chi connectivity index (χ0) is 50.8. The molecule has 1 aliphatic rings. The number of unbranched alkanes of at least 4 members (excludes halogenated alkanes) is 38. The quantitative estimate of drug-likeness (QED) is 0.0261. The normalized spacial score (nSPS) is 19.6. The van der Waals surface area contributed by atoms with E-state index in [4.69, 9.17) is 9.47 Å². The highest BCUT2D eigenvalue weighted by atomic mass is 16.7. The maximum Gasteiger partial charge on any atom is 0.220 e. The Balaban J connectivity index is 2.15. The van der Waals surface area contributed by atoms with Crippen molar-refractivity contribution in [2.24, 2.45) is 0 Å². The molecule has 9 nitrogen and oxygen atoms in total. The van der Waals surface area contributed by atoms with Gasteiger partial charge in [0.15, 0.2) is 6.29 Å². The maximum absolute atomic E-state index is 13.1. The number of carbonyl (C=O) groups is 1. The van der Waals surface area contributed by atoms with E-state index < -0.39 is 49.5 Å². The van der Waals surface area contributed by atoms with Gasteiger partial charge in [-0.15, -0.1) is 0 Å². The molecule has 0 aromatic heterocycles. The van der Waals surface area contributed by atoms with Gasteiger partial charge >= 0.3 is 0 Å². The van der Waals surface area contributed by atoms with Crippen molar-refractivity contribution < 1.29 is 39.8 Å². The van der Waals surface area contributed by atoms with Crippen LogP contribution < -0.4 is 5.32 Å². The van der Waals surface area contributed by atoms with Gasteiger partial charge in [-0.1, -0.05) is 269 Å². The first-order valence-electron chi connectivity index (χ1n) is 30.2. The van der Waals surface area contributed by atoms with Gasteiger partial charge in [0.1, 0.15) is 24.4 Å². The van der Waals surface area contributed by atoms with Gasteiger partial charge in [-0.05, 0) is 51.4 Å². The lowest BCUT2D eigenvalue weighted by Gasteiger charge is -2.40. The first-order chi connectivity index (χ1) is 34.3. The Morgan fingerprint density at radius 1 is 0.486 bits per heavy atom. The zero-order valence-electron chi connectivity index (χ0n) is 45.8. The molecule has 0 bridgehead atoms. The topological polar surface area (TPSA) is 149 Å². The number of allylic oxidation sites excluding steroid dienone is 5. The summed E-state index contributed by atoms with van der Waals surface area (Å²) in [6.07, 6.45) is 59.3. The number of aliphatic hydroxyl groups is 5. The van der Waals surface area contributed by atoms with Crippen LogP contribution in [0.5, 0.6) is 0 Å². The number of hydrogen-bond acceptors (Lipinski definition) is 8. The molecule has 0 radical (unpaired) electrons. The van der Waals surface area contributed by atoms with Gasteiger partial charge in [0.25, 0.3) is 0 Å². The number of hydrogen-bond donors (Lipinski definition) is 6. The van der Waals surface area contributed by atoms with E-state index in [2.05, 4.69) is 43.5 Å². The lowest BCUT2D eigenvalue weighted by molar-refractivity contribution is -0.302. The summed E-state index contributed by atoms with van der Waals surface area (Å²) in [7, 11) is 0. The molecule has 0 saturated carbocycles. The summed E-state index contributed by atoms with van der Waals surface area (Å²) in [5.41, 5.74) is 0. The average Bonchev–Trinajstić information content (AvgIpc) is 3.36. The van der Waals surface area contributed by atoms with Crippen molar-refractivity contribution in [2.75, 3.05) is 13.2 Å². The number of aliphatic hydroxyl groups excluding tert-OH is 5. The Labute approximate surface area is 431 Å². The predicted octanol–water partition coefficient (Wildman–Crippen LogP) is 15.1. The van der Waals surface area contributed by atoms with Crippen molar-refractivity contribution in [3.05, 3.63) is 36.5 Å². The van der Waals surface area contributed by atoms with Crippen LogP contribution in [0, 0.1) is 0 Å². The fraction of sp³-hybridized carbons (Fsp3) is 0.885. The van der Waals surface area contributed by atoms with Gasteiger partial charge in [0, 0.05) is 6.42 Å². The molecule has 0 spiro atoms. The van der Waals surface area contributed by atoms with E-state index in [1.807, 2.05) is 6.08 Å². The van der Waals surface area contributed by atoms with E-state index in [1.54, 1.807) is 6.08 Å². The van der Waals surface area contributed by atoms with Crippen LogP contribution in [0.25, 0.3) is 0 Å². The molecular formula is C61H115NO8. The molecule has 0 aromatic rings. The molecule has 1 aliphatic heterocycles. The Morgan fingerprint density at radius 2 is 0.843 bits per heavy atom. The third-order valence-corrected chi connectivity index (χ3v) is 14.5. The van der Waals surface area contributed by atoms with Crippen molar-refractivity contribution in [3.63, 3.8) is 0 Å². The molecule has 412 valence electrons. The van der Waals surface area contributed by atoms with Gasteiger partial charge in [-0.2, -0.15) is 0 Å². The molecule has 9 heteroatoms. The molecule has 6 N–H and O–H groups in total. The first kappa shape index (κ1) is 66.4. The highest BCUT2D eigenvalue weighted by Crippen LogP contribution is 2.23. The largest absolute Gasteiger partial charge is 0.394 e. The summed E-state index contributed by atoms with van der Waals surface area (Å²) in [6.45, 7) is 3.80. The molecule has 7 atom stereocenters. The van der Waals surface area contributed by atoms with E-state index in [0.717, 1.165) is 44.9 Å². The Bertz CT molecular complexity index is 1190. The summed E-state index contributed by atoms with van der Waals surface area (Å²) in [4.78, 5) is 13.1. The molecule has 7 unspecified atom stereocenters. The summed E-state index contributed by atoms with van der Waals surface area (Å²) >= 11 is 0. The number of nitrogens with one attached hydrogen (secondary N) is 1. The zero-order valence-corrected chi connectivity index (χ0v) is 45.8. The maximum atomic E-state index is 13.1. The Hall–Kier alpha value is -1.59. The van der Waals surface area contributed by atoms with Gasteiger partial charge in [0.05, 0.1) is 25.4 Å². The van der Waals surface area contributed by atoms with Crippen molar-refractivity contribution in [1.29, 1.82) is 0 Å². The van der Waals surface area contributed by atoms with Crippen LogP contribution in [0.4, 0.5) is 0 Å². The minimum Gasteiger partial charge on any atom is -0.394 e. The average molecular weight is 991 g/mol. The van der Waals surface area contributed by atoms with Crippen LogP contribution in [0.15, 0.2) is 36.5 Å². The van der Waals surface area contributed by atoms with Crippen LogP contribution in [0.3, 0.4) is 0 Å². The second-order valence-corrected chi connectivity index (χ2v) is 21.1. The molecule has 1 saturated heterocycles. The van der Waals surface area contributed by atoms with Crippen molar-refractivity contribution in [2.45, 2.75) is 333 Å². The fourth-order valence-corrected chi connectivity index (χ4v) is 9.66. The third-order valence-electron chi connectivity index (χ3n) is 14.5. The first-order valence-corrected chi connectivity index (χ1v) is 30.2. The van der Waals surface area contributed by atoms with E-state index in [0.29, 0.717) is 6.42 Å². The van der Waals surface area contributed by atoms with Crippen molar-refractivity contribution >= 4 is 5.91 Å². The standard InChI is InChI=1S/C61H115NO8/c1-3-5-7-9-11-13-15-17-19-21-22-23-24-25-26-27-28-29-30-31-32-33-34-35-37-39-41-43-45-47-49-51-57(65)62-54(53-69-61-60(68)59(67)58(66)56(52-63)70-61)55(64)50-48-46-44-42-40-38-36-20-18-16-14-12-10-8-6-4-2/h22-23,25-26,48,50,54-56,58-61,63-64,66-68H,3-21,24,27-47,49,51-53H2,1-2H3,(H,62,65)/b23-22-,26-25-,50-48+. The van der Waals surface area contributed by atoms with E-state index >= 15 is 0 Å². The number of amides is 1. The lowest BCUT2D eigenvalue weighted by atomic mass is 9.99. The van der Waals surface area contributed by atoms with Gasteiger partial charge in [-0.3, -0.25) is 4.79 Å². The van der Waals surface area contributed by atoms with Gasteiger partial charge in [0.2, 0.25) is 5.91 Å². The molecule has 1 rings (SSSR count). The number of rotatable bonds is 52. The number of ether oxygens (including phenoxy) is 2. The summed E-state index contributed by atoms with van der Waals surface area (Å²) in [5, 5.41) is 54.5. The summed E-state index contributed by atoms with van der Waals surface area (Å²) in [6, 6.07) is -0.804. The Kier molecular flexibility index (Phi) is 48.3. The third kappa shape index (κ3) is 39.9. The molecule has 1 fully saturated rings. The molecule has 70 heavy (non-hydrogen) atoms. The van der Waals surface area contributed by atoms with E-state index in [1.165, 1.54) is 225 Å². The smallest absolute Gasteiger partial charge is 0.220 e. The highest BCUT2D eigenvalue weighted by molar-refractivity contribution is 5.76. The van der Waals surface area contributed by atoms with E-state index in [9.17, 15) is 30.3 Å². The van der Waals surface area contributed by atoms with E-state index in [-0.39, 0.29) is 12.5 Å². The van der Waals surface area contributed by atoms with Crippen LogP contribution >= 0.6 is 0 Å². The van der Waals surface area contributed by atoms with Crippen LogP contribution in [0.1, 0.15) is 290 Å². The van der Waals surface area contributed by atoms with Crippen LogP contribution in [-0.2, 0) is 14.3 Å². The fourth-order valence-electron chi connectivity index (χ4n) is 9.66. The second kappa shape index (κ2) is 50.9. The summed E-state index contributed by atoms with van der Waals surface area (Å²) in [5.74, 6) is -0.174. The van der Waals surface area contributed by atoms with Crippen LogP contribution in [-0.4, -0.2) is 87.5 Å². The van der Waals surface area contributed by atoms with Crippen LogP contribution in [0.2, 0.25) is 0 Å². The molecule has 1 heterocycles. The van der Waals surface area contributed by atoms with Crippen molar-refractivity contribution in [1.82, 2.24) is 5.32 Å². The highest BCUT2D eigenvalue weighted by Gasteiger charge is 2.44. The molecule has 0 aliphatic carbocycles. The Morgan fingerprint density at radius 3 is 1.23 bits per heavy atom. The molecule has 0 aromatic carbocycles. The lowest BCUT2D eigenvalue weighted by Crippen LogP contribution is -2.60. The van der Waals surface area contributed by atoms with Gasteiger partial charge < -0.3 is 40.3 Å². The molecule has 1 amide bonds. The molecular weight excluding hydrogens is 875 g/mol. The second-order valence-electron chi connectivity index (χ2n) is 21.1. The van der Waals surface area contributed by atoms with Gasteiger partial charge in [-0.25, -0.2) is 0 Å². The number of carbonyl (C=O) groups excluding carboxylic acids is 1. The minimum atomic E-state index is -1.57. The van der Waals surface area contributed by atoms with Crippen molar-refractivity contribution in [3.8, 4) is 0 Å². The summed E-state index contributed by atoms with van der Waals surface area (Å²) < 4.78 is 11.3. The monoisotopic (exact) mass is 990 g/mol.